The van der Waals surface area contributed by atoms with E-state index in [0.29, 0.717) is 17.4 Å². The van der Waals surface area contributed by atoms with Crippen LogP contribution in [0.15, 0.2) is 40.9 Å². The van der Waals surface area contributed by atoms with Crippen molar-refractivity contribution in [3.63, 3.8) is 0 Å². The summed E-state index contributed by atoms with van der Waals surface area (Å²) < 4.78 is 19.8. The van der Waals surface area contributed by atoms with Crippen molar-refractivity contribution in [3.8, 4) is 11.5 Å². The zero-order chi connectivity index (χ0) is 13.1. The number of alkyl halides is 1. The first-order valence-corrected chi connectivity index (χ1v) is 6.71. The standard InChI is InChI=1S/C14H11BrClFO/c1-9-2-5-12(17)7-13(9)18-14-6-11(15)4-3-10(14)8-16/h2-7H,8H2,1H3. The molecule has 0 aromatic heterocycles. The van der Waals surface area contributed by atoms with E-state index in [1.54, 1.807) is 6.07 Å². The number of rotatable bonds is 3. The minimum Gasteiger partial charge on any atom is -0.457 e. The Balaban J connectivity index is 2.38. The maximum absolute atomic E-state index is 13.2. The van der Waals surface area contributed by atoms with E-state index in [-0.39, 0.29) is 5.82 Å². The van der Waals surface area contributed by atoms with Crippen molar-refractivity contribution >= 4 is 27.5 Å². The summed E-state index contributed by atoms with van der Waals surface area (Å²) in [6.45, 7) is 1.87. The van der Waals surface area contributed by atoms with Gasteiger partial charge in [0.2, 0.25) is 0 Å². The molecule has 0 atom stereocenters. The molecule has 0 spiro atoms. The number of aryl methyl sites for hydroxylation is 1. The van der Waals surface area contributed by atoms with Crippen LogP contribution in [0.2, 0.25) is 0 Å². The smallest absolute Gasteiger partial charge is 0.133 e. The van der Waals surface area contributed by atoms with Crippen LogP contribution in [0.1, 0.15) is 11.1 Å². The zero-order valence-corrected chi connectivity index (χ0v) is 12.1. The van der Waals surface area contributed by atoms with E-state index >= 15 is 0 Å². The third-order valence-corrected chi connectivity index (χ3v) is 3.32. The highest BCUT2D eigenvalue weighted by molar-refractivity contribution is 9.10. The van der Waals surface area contributed by atoms with Crippen LogP contribution >= 0.6 is 27.5 Å². The van der Waals surface area contributed by atoms with Crippen LogP contribution in [0.4, 0.5) is 4.39 Å². The Morgan fingerprint density at radius 1 is 1.17 bits per heavy atom. The first kappa shape index (κ1) is 13.4. The van der Waals surface area contributed by atoms with Crippen molar-refractivity contribution in [2.24, 2.45) is 0 Å². The lowest BCUT2D eigenvalue weighted by molar-refractivity contribution is 0.468. The van der Waals surface area contributed by atoms with Gasteiger partial charge in [-0.15, -0.1) is 11.6 Å². The maximum Gasteiger partial charge on any atom is 0.133 e. The molecule has 0 bridgehead atoms. The van der Waals surface area contributed by atoms with Gasteiger partial charge in [-0.2, -0.15) is 0 Å². The number of benzene rings is 2. The lowest BCUT2D eigenvalue weighted by Gasteiger charge is -2.12. The Kier molecular flexibility index (Phi) is 4.25. The number of ether oxygens (including phenoxy) is 1. The maximum atomic E-state index is 13.2. The molecule has 0 heterocycles. The van der Waals surface area contributed by atoms with Gasteiger partial charge < -0.3 is 4.74 Å². The molecule has 0 aliphatic heterocycles. The van der Waals surface area contributed by atoms with Gasteiger partial charge in [0.25, 0.3) is 0 Å². The van der Waals surface area contributed by atoms with Crippen molar-refractivity contribution in [3.05, 3.63) is 57.8 Å². The molecule has 4 heteroatoms. The second-order valence-corrected chi connectivity index (χ2v) is 5.08. The molecule has 1 nitrogen and oxygen atoms in total. The molecule has 0 aliphatic carbocycles. The van der Waals surface area contributed by atoms with Crippen molar-refractivity contribution in [1.29, 1.82) is 0 Å². The van der Waals surface area contributed by atoms with Gasteiger partial charge in [0.15, 0.2) is 0 Å². The Bertz CT molecular complexity index is 572. The van der Waals surface area contributed by atoms with Gasteiger partial charge >= 0.3 is 0 Å². The third-order valence-electron chi connectivity index (χ3n) is 2.54. The molecule has 0 saturated carbocycles. The van der Waals surface area contributed by atoms with E-state index in [2.05, 4.69) is 15.9 Å². The molecular weight excluding hydrogens is 319 g/mol. The van der Waals surface area contributed by atoms with Crippen LogP contribution in [-0.4, -0.2) is 0 Å². The van der Waals surface area contributed by atoms with Crippen molar-refractivity contribution in [1.82, 2.24) is 0 Å². The van der Waals surface area contributed by atoms with Crippen LogP contribution in [0.25, 0.3) is 0 Å². The molecule has 0 fully saturated rings. The van der Waals surface area contributed by atoms with Gasteiger partial charge in [-0.25, -0.2) is 4.39 Å². The summed E-state index contributed by atoms with van der Waals surface area (Å²) in [4.78, 5) is 0. The zero-order valence-electron chi connectivity index (χ0n) is 9.71. The molecule has 18 heavy (non-hydrogen) atoms. The molecule has 2 aromatic carbocycles. The summed E-state index contributed by atoms with van der Waals surface area (Å²) in [6.07, 6.45) is 0. The molecule has 0 amide bonds. The Morgan fingerprint density at radius 3 is 2.67 bits per heavy atom. The van der Waals surface area contributed by atoms with Gasteiger partial charge in [0.1, 0.15) is 17.3 Å². The lowest BCUT2D eigenvalue weighted by Crippen LogP contribution is -1.92. The molecule has 2 rings (SSSR count). The third kappa shape index (κ3) is 3.03. The van der Waals surface area contributed by atoms with Crippen LogP contribution in [-0.2, 0) is 5.88 Å². The Labute approximate surface area is 119 Å². The fourth-order valence-electron chi connectivity index (χ4n) is 1.54. The van der Waals surface area contributed by atoms with E-state index in [1.807, 2.05) is 25.1 Å². The van der Waals surface area contributed by atoms with Gasteiger partial charge in [-0.05, 0) is 30.7 Å². The van der Waals surface area contributed by atoms with Crippen LogP contribution in [0.5, 0.6) is 11.5 Å². The van der Waals surface area contributed by atoms with Crippen molar-refractivity contribution < 1.29 is 9.13 Å². The molecule has 0 unspecified atom stereocenters. The molecular formula is C14H11BrClFO. The predicted molar refractivity (Wildman–Crippen MR) is 74.9 cm³/mol. The SMILES string of the molecule is Cc1ccc(F)cc1Oc1cc(Br)ccc1CCl. The molecule has 2 aromatic rings. The topological polar surface area (TPSA) is 9.23 Å². The normalized spacial score (nSPS) is 10.4. The fourth-order valence-corrected chi connectivity index (χ4v) is 2.10. The molecule has 0 aliphatic rings. The summed E-state index contributed by atoms with van der Waals surface area (Å²) >= 11 is 9.23. The van der Waals surface area contributed by atoms with E-state index in [0.717, 1.165) is 15.6 Å². The minimum absolute atomic E-state index is 0.321. The van der Waals surface area contributed by atoms with Crippen LogP contribution < -0.4 is 4.74 Å². The summed E-state index contributed by atoms with van der Waals surface area (Å²) in [7, 11) is 0. The van der Waals surface area contributed by atoms with Gasteiger partial charge in [-0.3, -0.25) is 0 Å². The number of halogens is 3. The monoisotopic (exact) mass is 328 g/mol. The van der Waals surface area contributed by atoms with E-state index < -0.39 is 0 Å². The van der Waals surface area contributed by atoms with E-state index in [9.17, 15) is 4.39 Å². The lowest BCUT2D eigenvalue weighted by atomic mass is 10.2. The highest BCUT2D eigenvalue weighted by atomic mass is 79.9. The molecule has 0 radical (unpaired) electrons. The minimum atomic E-state index is -0.321. The molecule has 0 saturated heterocycles. The molecule has 0 N–H and O–H groups in total. The first-order chi connectivity index (χ1) is 8.60. The average Bonchev–Trinajstić information content (AvgIpc) is 2.34. The predicted octanol–water partition coefficient (Wildman–Crippen LogP) is 5.43. The van der Waals surface area contributed by atoms with Crippen molar-refractivity contribution in [2.45, 2.75) is 12.8 Å². The highest BCUT2D eigenvalue weighted by Crippen LogP contribution is 2.31. The number of hydrogen-bond donors (Lipinski definition) is 0. The first-order valence-electron chi connectivity index (χ1n) is 5.38. The van der Waals surface area contributed by atoms with E-state index in [4.69, 9.17) is 16.3 Å². The quantitative estimate of drug-likeness (QED) is 0.682. The summed E-state index contributed by atoms with van der Waals surface area (Å²) in [5.74, 6) is 1.15. The van der Waals surface area contributed by atoms with Gasteiger partial charge in [-0.1, -0.05) is 28.1 Å². The van der Waals surface area contributed by atoms with Crippen LogP contribution in [0.3, 0.4) is 0 Å². The second kappa shape index (κ2) is 5.72. The van der Waals surface area contributed by atoms with Crippen molar-refractivity contribution in [2.75, 3.05) is 0 Å². The summed E-state index contributed by atoms with van der Waals surface area (Å²) in [5, 5.41) is 0. The Morgan fingerprint density at radius 2 is 1.94 bits per heavy atom. The largest absolute Gasteiger partial charge is 0.457 e. The van der Waals surface area contributed by atoms with Gasteiger partial charge in [0, 0.05) is 16.1 Å². The fraction of sp³-hybridized carbons (Fsp3) is 0.143. The highest BCUT2D eigenvalue weighted by Gasteiger charge is 2.08. The summed E-state index contributed by atoms with van der Waals surface area (Å²) in [6, 6.07) is 10.1. The summed E-state index contributed by atoms with van der Waals surface area (Å²) in [5.41, 5.74) is 1.74. The van der Waals surface area contributed by atoms with E-state index in [1.165, 1.54) is 12.1 Å². The number of hydrogen-bond acceptors (Lipinski definition) is 1. The van der Waals surface area contributed by atoms with Crippen LogP contribution in [0, 0.1) is 12.7 Å². The second-order valence-electron chi connectivity index (χ2n) is 3.90. The molecule has 94 valence electrons. The Hall–Kier alpha value is -1.06. The van der Waals surface area contributed by atoms with Gasteiger partial charge in [0.05, 0.1) is 5.88 Å². The average molecular weight is 330 g/mol.